The highest BCUT2D eigenvalue weighted by molar-refractivity contribution is 5.80. The lowest BCUT2D eigenvalue weighted by molar-refractivity contribution is 0.125. The van der Waals surface area contributed by atoms with Crippen molar-refractivity contribution in [2.75, 3.05) is 0 Å². The second-order valence-electron chi connectivity index (χ2n) is 15.3. The topological polar surface area (TPSA) is 51.6 Å². The van der Waals surface area contributed by atoms with E-state index in [1.165, 1.54) is 11.1 Å². The Bertz CT molecular complexity index is 2300. The molecule has 0 bridgehead atoms. The molecule has 2 aromatic heterocycles. The van der Waals surface area contributed by atoms with Gasteiger partial charge >= 0.3 is 0 Å². The van der Waals surface area contributed by atoms with Gasteiger partial charge in [-0.2, -0.15) is 0 Å². The molecule has 0 radical (unpaired) electrons. The van der Waals surface area contributed by atoms with Crippen molar-refractivity contribution in [3.05, 3.63) is 157 Å². The maximum absolute atomic E-state index is 5.11. The zero-order valence-electron chi connectivity index (χ0n) is 30.1. The van der Waals surface area contributed by atoms with E-state index < -0.39 is 0 Å². The van der Waals surface area contributed by atoms with Crippen molar-refractivity contribution in [3.8, 4) is 67.7 Å². The van der Waals surface area contributed by atoms with Gasteiger partial charge in [-0.25, -0.2) is 15.0 Å². The van der Waals surface area contributed by atoms with E-state index in [9.17, 15) is 0 Å². The van der Waals surface area contributed by atoms with Crippen molar-refractivity contribution in [1.82, 2.24) is 19.9 Å². The Morgan fingerprint density at radius 2 is 0.804 bits per heavy atom. The fraction of sp³-hybridized carbons (Fsp3) is 0.191. The van der Waals surface area contributed by atoms with Crippen molar-refractivity contribution >= 4 is 0 Å². The van der Waals surface area contributed by atoms with Crippen LogP contribution in [0.2, 0.25) is 0 Å². The molecule has 7 aromatic rings. The molecule has 4 nitrogen and oxygen atoms in total. The Hall–Kier alpha value is -5.74. The fourth-order valence-electron chi connectivity index (χ4n) is 7.62. The predicted molar refractivity (Wildman–Crippen MR) is 210 cm³/mol. The normalized spacial score (nSPS) is 15.3. The largest absolute Gasteiger partial charge is 0.255 e. The first-order valence-corrected chi connectivity index (χ1v) is 17.7. The van der Waals surface area contributed by atoms with Crippen LogP contribution in [0.1, 0.15) is 52.7 Å². The van der Waals surface area contributed by atoms with Gasteiger partial charge in [-0.05, 0) is 86.0 Å². The molecule has 51 heavy (non-hydrogen) atoms. The van der Waals surface area contributed by atoms with Gasteiger partial charge in [0.1, 0.15) is 0 Å². The monoisotopic (exact) mass is 662 g/mol. The van der Waals surface area contributed by atoms with Crippen LogP contribution in [0.5, 0.6) is 0 Å². The summed E-state index contributed by atoms with van der Waals surface area (Å²) in [5, 5.41) is 0. The SMILES string of the molecule is CC1(C)c2ccc(-c3ccc(-c4nc(-c5ccccc5)nc(-c5cc(-c6ccccc6)cc(-c6ccccc6)c5)n4)cn3)cc2C(C)(C)C1(C)C. The molecule has 1 aliphatic carbocycles. The quantitative estimate of drug-likeness (QED) is 0.178. The highest BCUT2D eigenvalue weighted by Gasteiger charge is 2.56. The number of fused-ring (bicyclic) bond motifs is 1. The smallest absolute Gasteiger partial charge is 0.165 e. The molecule has 0 saturated heterocycles. The van der Waals surface area contributed by atoms with Crippen LogP contribution < -0.4 is 0 Å². The van der Waals surface area contributed by atoms with Crippen LogP contribution in [0.25, 0.3) is 67.7 Å². The summed E-state index contributed by atoms with van der Waals surface area (Å²) in [6.45, 7) is 14.3. The Morgan fingerprint density at radius 3 is 1.33 bits per heavy atom. The lowest BCUT2D eigenvalue weighted by Crippen LogP contribution is -2.42. The Morgan fingerprint density at radius 1 is 0.353 bits per heavy atom. The molecule has 0 N–H and O–H groups in total. The van der Waals surface area contributed by atoms with E-state index in [1.807, 2.05) is 48.7 Å². The molecule has 8 rings (SSSR count). The lowest BCUT2D eigenvalue weighted by Gasteiger charge is -2.44. The summed E-state index contributed by atoms with van der Waals surface area (Å²) < 4.78 is 0. The highest BCUT2D eigenvalue weighted by atomic mass is 15.0. The number of rotatable bonds is 6. The van der Waals surface area contributed by atoms with Gasteiger partial charge in [0.25, 0.3) is 0 Å². The molecule has 250 valence electrons. The van der Waals surface area contributed by atoms with Crippen LogP contribution >= 0.6 is 0 Å². The van der Waals surface area contributed by atoms with E-state index >= 15 is 0 Å². The van der Waals surface area contributed by atoms with Crippen molar-refractivity contribution in [1.29, 1.82) is 0 Å². The minimum atomic E-state index is 0.0229. The molecule has 4 heteroatoms. The lowest BCUT2D eigenvalue weighted by atomic mass is 9.59. The van der Waals surface area contributed by atoms with Crippen LogP contribution in [0.3, 0.4) is 0 Å². The molecule has 0 aliphatic heterocycles. The number of aromatic nitrogens is 4. The van der Waals surface area contributed by atoms with Crippen LogP contribution in [0, 0.1) is 5.41 Å². The summed E-state index contributed by atoms with van der Waals surface area (Å²) in [7, 11) is 0. The van der Waals surface area contributed by atoms with Gasteiger partial charge in [-0.1, -0.05) is 145 Å². The molecule has 5 aromatic carbocycles. The standard InChI is InChI=1S/C47H42N4/c1-45(2)39-24-22-34(29-40(39)46(3,4)47(45,5)6)41-25-23-35(30-48-41)43-49-42(33-20-14-9-15-21-33)50-44(51-43)38-27-36(31-16-10-7-11-17-31)26-37(28-38)32-18-12-8-13-19-32/h7-30H,1-6H3. The fourth-order valence-corrected chi connectivity index (χ4v) is 7.62. The summed E-state index contributed by atoms with van der Waals surface area (Å²) in [6, 6.07) is 48.7. The molecular formula is C47H42N4. The molecule has 2 heterocycles. The third-order valence-corrected chi connectivity index (χ3v) is 11.9. The molecule has 0 unspecified atom stereocenters. The maximum Gasteiger partial charge on any atom is 0.165 e. The maximum atomic E-state index is 5.11. The molecule has 0 saturated carbocycles. The number of hydrogen-bond acceptors (Lipinski definition) is 4. The van der Waals surface area contributed by atoms with Gasteiger partial charge in [0.05, 0.1) is 5.69 Å². The van der Waals surface area contributed by atoms with Gasteiger partial charge in [-0.3, -0.25) is 4.98 Å². The van der Waals surface area contributed by atoms with Crippen molar-refractivity contribution in [2.45, 2.75) is 52.4 Å². The van der Waals surface area contributed by atoms with Crippen LogP contribution in [-0.2, 0) is 10.8 Å². The molecule has 0 atom stereocenters. The predicted octanol–water partition coefficient (Wildman–Crippen LogP) is 11.9. The van der Waals surface area contributed by atoms with Gasteiger partial charge in [-0.15, -0.1) is 0 Å². The average molecular weight is 663 g/mol. The minimum Gasteiger partial charge on any atom is -0.255 e. The summed E-state index contributed by atoms with van der Waals surface area (Å²) in [5.74, 6) is 1.82. The zero-order chi connectivity index (χ0) is 35.4. The van der Waals surface area contributed by atoms with Crippen molar-refractivity contribution in [2.24, 2.45) is 5.41 Å². The third-order valence-electron chi connectivity index (χ3n) is 11.9. The molecule has 1 aliphatic rings. The first-order chi connectivity index (χ1) is 24.5. The second kappa shape index (κ2) is 12.2. The summed E-state index contributed by atoms with van der Waals surface area (Å²) in [5.41, 5.74) is 12.2. The van der Waals surface area contributed by atoms with Gasteiger partial charge < -0.3 is 0 Å². The zero-order valence-corrected chi connectivity index (χ0v) is 30.1. The van der Waals surface area contributed by atoms with Crippen LogP contribution in [-0.4, -0.2) is 19.9 Å². The van der Waals surface area contributed by atoms with E-state index in [-0.39, 0.29) is 16.2 Å². The van der Waals surface area contributed by atoms with Crippen LogP contribution in [0.4, 0.5) is 0 Å². The van der Waals surface area contributed by atoms with E-state index in [0.717, 1.165) is 50.2 Å². The highest BCUT2D eigenvalue weighted by Crippen LogP contribution is 2.61. The number of benzene rings is 5. The minimum absolute atomic E-state index is 0.0229. The Kier molecular flexibility index (Phi) is 7.79. The van der Waals surface area contributed by atoms with E-state index in [0.29, 0.717) is 17.5 Å². The van der Waals surface area contributed by atoms with Crippen molar-refractivity contribution in [3.63, 3.8) is 0 Å². The first-order valence-electron chi connectivity index (χ1n) is 17.7. The first kappa shape index (κ1) is 32.5. The third kappa shape index (κ3) is 5.56. The number of pyridine rings is 1. The summed E-state index contributed by atoms with van der Waals surface area (Å²) in [6.07, 6.45) is 1.89. The van der Waals surface area contributed by atoms with Gasteiger partial charge in [0.15, 0.2) is 17.5 Å². The summed E-state index contributed by atoms with van der Waals surface area (Å²) >= 11 is 0. The van der Waals surface area contributed by atoms with Gasteiger partial charge in [0.2, 0.25) is 0 Å². The van der Waals surface area contributed by atoms with Crippen molar-refractivity contribution < 1.29 is 0 Å². The molecular weight excluding hydrogens is 621 g/mol. The van der Waals surface area contributed by atoms with E-state index in [2.05, 4.69) is 139 Å². The molecule has 0 spiro atoms. The van der Waals surface area contributed by atoms with E-state index in [1.54, 1.807) is 0 Å². The Balaban J connectivity index is 1.23. The average Bonchev–Trinajstić information content (AvgIpc) is 3.28. The van der Waals surface area contributed by atoms with Gasteiger partial charge in [0, 0.05) is 28.5 Å². The number of nitrogens with zero attached hydrogens (tertiary/aromatic N) is 4. The molecule has 0 fully saturated rings. The molecule has 0 amide bonds. The summed E-state index contributed by atoms with van der Waals surface area (Å²) in [4.78, 5) is 20.2. The second-order valence-corrected chi connectivity index (χ2v) is 15.3. The van der Waals surface area contributed by atoms with Crippen LogP contribution in [0.15, 0.2) is 146 Å². The number of hydrogen-bond donors (Lipinski definition) is 0. The van der Waals surface area contributed by atoms with E-state index in [4.69, 9.17) is 19.9 Å². The Labute approximate surface area is 301 Å².